The van der Waals surface area contributed by atoms with Gasteiger partial charge in [0.25, 0.3) is 0 Å². The van der Waals surface area contributed by atoms with Gasteiger partial charge in [0, 0.05) is 81.0 Å². The second-order valence-corrected chi connectivity index (χ2v) is 16.4. The molecule has 0 N–H and O–H groups in total. The number of hydrogen-bond donors (Lipinski definition) is 0. The predicted octanol–water partition coefficient (Wildman–Crippen LogP) is 17.9. The average molecular weight is 1200 g/mol. The molecule has 0 atom stereocenters. The SMILES string of the molecule is [2H]C([2H])([2H])c1cc(-c2cccc(-c3ccccc3)c2)c2oc3c(-c4cc(-c5c(C([2H])([2H])[2H])cccc5C([2H])([2H])[2H])c(C([2H])([2H])[2H])cn4)[c-]ccc3c2c1.[2H]C([2H])([2H])c1cnc(-c2[c-]cc(F)c(-c3cc(F)ccc3F)c2)cc1C(F)(F)C(F)(F)C(F)(F)F.[Ir]. The van der Waals surface area contributed by atoms with Crippen LogP contribution in [0, 0.1) is 63.8 Å². The van der Waals surface area contributed by atoms with Gasteiger partial charge in [-0.3, -0.25) is 4.39 Å². The second-order valence-electron chi connectivity index (χ2n) is 16.4. The van der Waals surface area contributed by atoms with Gasteiger partial charge >= 0.3 is 18.0 Å². The van der Waals surface area contributed by atoms with E-state index in [1.807, 2.05) is 54.6 Å². The van der Waals surface area contributed by atoms with Crippen molar-refractivity contribution in [3.8, 4) is 67.0 Å². The van der Waals surface area contributed by atoms with Gasteiger partial charge in [0.15, 0.2) is 0 Å². The number of fused-ring (bicyclic) bond motifs is 3. The van der Waals surface area contributed by atoms with Crippen molar-refractivity contribution in [2.75, 3.05) is 0 Å². The summed E-state index contributed by atoms with van der Waals surface area (Å²) in [6, 6.07) is 37.6. The van der Waals surface area contributed by atoms with E-state index >= 15 is 0 Å². The molecule has 3 heterocycles. The van der Waals surface area contributed by atoms with Crippen LogP contribution in [0.2, 0.25) is 0 Å². The molecule has 7 aromatic carbocycles. The van der Waals surface area contributed by atoms with Crippen molar-refractivity contribution in [2.24, 2.45) is 0 Å². The third-order valence-corrected chi connectivity index (χ3v) is 11.7. The summed E-state index contributed by atoms with van der Waals surface area (Å²) >= 11 is 0. The van der Waals surface area contributed by atoms with Crippen molar-refractivity contribution in [1.29, 1.82) is 0 Å². The third-order valence-electron chi connectivity index (χ3n) is 11.7. The van der Waals surface area contributed by atoms with Gasteiger partial charge in [-0.05, 0) is 138 Å². The number of benzene rings is 7. The summed E-state index contributed by atoms with van der Waals surface area (Å²) in [5.41, 5.74) is -3.42. The van der Waals surface area contributed by atoms with Crippen LogP contribution in [0.4, 0.5) is 43.9 Å². The molecule has 3 aromatic heterocycles. The summed E-state index contributed by atoms with van der Waals surface area (Å²) in [4.78, 5) is 7.96. The number of nitrogens with zero attached hydrogens (tertiary/aromatic N) is 2. The van der Waals surface area contributed by atoms with Crippen LogP contribution >= 0.6 is 0 Å². The molecule has 14 heteroatoms. The van der Waals surface area contributed by atoms with Crippen molar-refractivity contribution in [3.63, 3.8) is 0 Å². The number of hydrogen-bond acceptors (Lipinski definition) is 3. The molecule has 10 aromatic rings. The predicted molar refractivity (Wildman–Crippen MR) is 264 cm³/mol. The summed E-state index contributed by atoms with van der Waals surface area (Å²) in [5.74, 6) is -16.0. The minimum Gasteiger partial charge on any atom is -0.500 e. The summed E-state index contributed by atoms with van der Waals surface area (Å²) in [6.07, 6.45) is -5.51. The topological polar surface area (TPSA) is 38.9 Å². The maximum atomic E-state index is 14.5. The van der Waals surface area contributed by atoms with Gasteiger partial charge in [0.2, 0.25) is 0 Å². The van der Waals surface area contributed by atoms with E-state index in [1.54, 1.807) is 24.3 Å². The fourth-order valence-corrected chi connectivity index (χ4v) is 8.13. The number of halogens is 10. The van der Waals surface area contributed by atoms with E-state index < -0.39 is 103 Å². The molecule has 0 bridgehead atoms. The summed E-state index contributed by atoms with van der Waals surface area (Å²) < 4.78 is 264. The molecule has 0 saturated heterocycles. The van der Waals surface area contributed by atoms with Gasteiger partial charge in [-0.1, -0.05) is 95.4 Å². The maximum absolute atomic E-state index is 14.5. The van der Waals surface area contributed by atoms with E-state index in [4.69, 9.17) is 25.0 Å². The van der Waals surface area contributed by atoms with Crippen LogP contribution in [-0.4, -0.2) is 22.1 Å². The normalized spacial score (nSPS) is 15.7. The van der Waals surface area contributed by atoms with Crippen molar-refractivity contribution >= 4 is 21.9 Å². The Labute approximate surface area is 454 Å². The number of aryl methyl sites for hydroxylation is 5. The zero-order valence-corrected chi connectivity index (χ0v) is 39.7. The van der Waals surface area contributed by atoms with Crippen LogP contribution < -0.4 is 0 Å². The van der Waals surface area contributed by atoms with Gasteiger partial charge in [-0.25, -0.2) is 8.78 Å². The van der Waals surface area contributed by atoms with Gasteiger partial charge < -0.3 is 14.4 Å². The first-order chi connectivity index (χ1) is 40.7. The maximum Gasteiger partial charge on any atom is 0.460 e. The molecule has 0 saturated carbocycles. The Kier molecular flexibility index (Phi) is 10.1. The Bertz CT molecular complexity index is 4280. The third kappa shape index (κ3) is 9.88. The van der Waals surface area contributed by atoms with Crippen LogP contribution in [0.1, 0.15) is 53.9 Å². The van der Waals surface area contributed by atoms with Crippen LogP contribution in [0.5, 0.6) is 0 Å². The Balaban J connectivity index is 0.000000248. The van der Waals surface area contributed by atoms with Crippen LogP contribution in [0.25, 0.3) is 89.0 Å². The first kappa shape index (κ1) is 36.5. The monoisotopic (exact) mass is 1200 g/mol. The fourth-order valence-electron chi connectivity index (χ4n) is 8.13. The zero-order chi connectivity index (χ0) is 64.6. The number of pyridine rings is 2. The molecule has 10 rings (SSSR count). The minimum atomic E-state index is -6.75. The van der Waals surface area contributed by atoms with Crippen molar-refractivity contribution in [3.05, 3.63) is 215 Å². The van der Waals surface area contributed by atoms with E-state index in [0.29, 0.717) is 51.7 Å². The van der Waals surface area contributed by atoms with Crippen molar-refractivity contribution < 1.29 is 89.0 Å². The molecule has 0 fully saturated rings. The minimum absolute atomic E-state index is 0. The number of rotatable bonds is 8. The second kappa shape index (κ2) is 20.5. The molecule has 0 aliphatic carbocycles. The molecule has 0 aliphatic rings. The van der Waals surface area contributed by atoms with E-state index in [1.165, 1.54) is 24.3 Å². The van der Waals surface area contributed by atoms with Crippen LogP contribution in [0.15, 0.2) is 156 Å². The summed E-state index contributed by atoms with van der Waals surface area (Å²) in [5, 5.41) is 1.05. The van der Waals surface area contributed by atoms with E-state index in [9.17, 15) is 43.9 Å². The molecule has 0 aliphatic heterocycles. The Hall–Kier alpha value is -7.41. The smallest absolute Gasteiger partial charge is 0.460 e. The molecule has 0 amide bonds. The van der Waals surface area contributed by atoms with E-state index in [-0.39, 0.29) is 82.6 Å². The van der Waals surface area contributed by atoms with Crippen molar-refractivity contribution in [1.82, 2.24) is 9.97 Å². The van der Waals surface area contributed by atoms with Crippen LogP contribution in [-0.2, 0) is 26.0 Å². The first-order valence-electron chi connectivity index (χ1n) is 28.9. The molecular formula is C60H40F10IrN2O-2. The number of aromatic nitrogens is 2. The Morgan fingerprint density at radius 3 is 1.92 bits per heavy atom. The van der Waals surface area contributed by atoms with Gasteiger partial charge in [0.1, 0.15) is 17.2 Å². The molecule has 3 nitrogen and oxygen atoms in total. The van der Waals surface area contributed by atoms with Gasteiger partial charge in [0.05, 0.1) is 5.58 Å². The number of alkyl halides is 7. The molecule has 377 valence electrons. The molecule has 74 heavy (non-hydrogen) atoms. The van der Waals surface area contributed by atoms with Crippen molar-refractivity contribution in [2.45, 2.75) is 52.3 Å². The summed E-state index contributed by atoms with van der Waals surface area (Å²) in [7, 11) is 0. The quantitative estimate of drug-likeness (QED) is 0.112. The zero-order valence-electron chi connectivity index (χ0n) is 52.3. The molecular weight excluding hydrogens is 1150 g/mol. The fraction of sp³-hybridized carbons (Fsp3) is 0.133. The first-order valence-corrected chi connectivity index (χ1v) is 21.4. The molecule has 1 radical (unpaired) electrons. The van der Waals surface area contributed by atoms with E-state index in [2.05, 4.69) is 22.1 Å². The van der Waals surface area contributed by atoms with Gasteiger partial charge in [-0.2, -0.15) is 30.7 Å². The molecule has 0 unspecified atom stereocenters. The Morgan fingerprint density at radius 1 is 0.527 bits per heavy atom. The number of furan rings is 1. The largest absolute Gasteiger partial charge is 0.500 e. The van der Waals surface area contributed by atoms with Crippen LogP contribution in [0.3, 0.4) is 0 Å². The standard InChI is InChI=1S/C39H30NO.C21H10F10N.Ir/c1-24-19-34(30-16-9-15-29(21-30)28-13-6-5-7-14-28)39-35(20-24)31-17-10-18-32(38(31)41-39)36-22-33(27(4)23-40-36)37-25(2)11-8-12-26(37)3;1-10-9-32-18(8-15(10)19(25,26)20(27,28)21(29,30)31)11-2-4-16(23)13(6-11)14-7-12(22)3-5-17(14)24;/h5-17,19-23H,1-4H3;3-9H,1H3;/q2*-1;/i1D3,2D3,3D3,4D3;1D3;. The Morgan fingerprint density at radius 2 is 1.20 bits per heavy atom. The molecule has 0 spiro atoms. The van der Waals surface area contributed by atoms with E-state index in [0.717, 1.165) is 23.4 Å². The van der Waals surface area contributed by atoms with Gasteiger partial charge in [-0.15, -0.1) is 42.0 Å². The average Bonchev–Trinajstić information content (AvgIpc) is 1.73. The summed E-state index contributed by atoms with van der Waals surface area (Å²) in [6.45, 7) is -14.4.